The van der Waals surface area contributed by atoms with Crippen molar-refractivity contribution in [3.63, 3.8) is 0 Å². The van der Waals surface area contributed by atoms with Crippen molar-refractivity contribution in [3.8, 4) is 5.75 Å². The zero-order chi connectivity index (χ0) is 28.2. The lowest BCUT2D eigenvalue weighted by Crippen LogP contribution is -2.81. The maximum absolute atomic E-state index is 14.2. The van der Waals surface area contributed by atoms with E-state index in [0.717, 1.165) is 43.7 Å². The normalized spacial score (nSPS) is 21.8. The Labute approximate surface area is 235 Å². The predicted octanol–water partition coefficient (Wildman–Crippen LogP) is 3.53. The average molecular weight is 552 g/mol. The highest BCUT2D eigenvalue weighted by Crippen LogP contribution is 2.39. The number of hydrogen-bond acceptors (Lipinski definition) is 4. The largest absolute Gasteiger partial charge is 0.484 e. The zero-order valence-electron chi connectivity index (χ0n) is 23.5. The summed E-state index contributed by atoms with van der Waals surface area (Å²) in [5, 5.41) is 4.81. The van der Waals surface area contributed by atoms with Gasteiger partial charge in [-0.3, -0.25) is 14.4 Å². The monoisotopic (exact) mass is 551 g/mol. The quantitative estimate of drug-likeness (QED) is 0.574. The van der Waals surface area contributed by atoms with Crippen molar-refractivity contribution in [1.29, 1.82) is 0 Å². The fraction of sp³-hybridized carbons (Fsp3) is 0.516. The van der Waals surface area contributed by atoms with Crippen LogP contribution in [0.15, 0.2) is 36.4 Å². The first-order chi connectivity index (χ1) is 19.3. The molecule has 5 rings (SSSR count). The predicted molar refractivity (Wildman–Crippen MR) is 150 cm³/mol. The van der Waals surface area contributed by atoms with Crippen LogP contribution in [0.5, 0.6) is 5.75 Å². The van der Waals surface area contributed by atoms with Gasteiger partial charge in [-0.25, -0.2) is 4.39 Å². The number of amides is 3. The van der Waals surface area contributed by atoms with Crippen LogP contribution in [0.1, 0.15) is 84.6 Å². The third-order valence-corrected chi connectivity index (χ3v) is 8.36. The minimum absolute atomic E-state index is 0.0453. The molecule has 0 aromatic heterocycles. The molecule has 40 heavy (non-hydrogen) atoms. The number of hydrogen-bond donors (Lipinski definition) is 2. The topological polar surface area (TPSA) is 95.6 Å². The number of nitrogens with two attached hydrogens (primary N) is 1. The number of benzene rings is 2. The van der Waals surface area contributed by atoms with Gasteiger partial charge in [-0.1, -0.05) is 19.3 Å². The Morgan fingerprint density at radius 1 is 0.975 bits per heavy atom. The second-order valence-electron chi connectivity index (χ2n) is 11.4. The minimum Gasteiger partial charge on any atom is -0.484 e. The van der Waals surface area contributed by atoms with Crippen molar-refractivity contribution >= 4 is 23.4 Å². The highest BCUT2D eigenvalue weighted by Gasteiger charge is 2.32. The summed E-state index contributed by atoms with van der Waals surface area (Å²) >= 11 is 0. The van der Waals surface area contributed by atoms with Crippen LogP contribution < -0.4 is 15.4 Å². The van der Waals surface area contributed by atoms with Crippen LogP contribution in [0.3, 0.4) is 0 Å². The molecule has 2 aromatic rings. The molecule has 0 spiro atoms. The molecule has 3 aliphatic rings. The Hall–Kier alpha value is -3.46. The summed E-state index contributed by atoms with van der Waals surface area (Å²) in [6.07, 6.45) is 7.14. The summed E-state index contributed by atoms with van der Waals surface area (Å²) < 4.78 is 20.6. The van der Waals surface area contributed by atoms with Gasteiger partial charge in [0.15, 0.2) is 6.10 Å². The van der Waals surface area contributed by atoms with Gasteiger partial charge in [0, 0.05) is 55.8 Å². The maximum Gasteiger partial charge on any atom is 0.254 e. The van der Waals surface area contributed by atoms with Gasteiger partial charge >= 0.3 is 0 Å². The summed E-state index contributed by atoms with van der Waals surface area (Å²) in [4.78, 5) is 41.8. The minimum atomic E-state index is -0.594. The molecule has 2 saturated heterocycles. The van der Waals surface area contributed by atoms with Crippen LogP contribution in [0, 0.1) is 5.82 Å². The first kappa shape index (κ1) is 28.1. The molecular weight excluding hydrogens is 511 g/mol. The van der Waals surface area contributed by atoms with E-state index in [4.69, 9.17) is 4.74 Å². The molecule has 2 aliphatic heterocycles. The molecule has 0 unspecified atom stereocenters. The van der Waals surface area contributed by atoms with Gasteiger partial charge in [-0.2, -0.15) is 0 Å². The van der Waals surface area contributed by atoms with E-state index < -0.39 is 5.82 Å². The van der Waals surface area contributed by atoms with E-state index in [1.807, 2.05) is 30.0 Å². The Morgan fingerprint density at radius 3 is 2.48 bits per heavy atom. The third kappa shape index (κ3) is 6.46. The van der Waals surface area contributed by atoms with Crippen molar-refractivity contribution in [2.75, 3.05) is 38.0 Å². The van der Waals surface area contributed by atoms with E-state index in [9.17, 15) is 18.8 Å². The van der Waals surface area contributed by atoms with E-state index in [1.165, 1.54) is 44.4 Å². The molecule has 2 aromatic carbocycles. The van der Waals surface area contributed by atoms with Gasteiger partial charge in [0.05, 0.1) is 6.54 Å². The highest BCUT2D eigenvalue weighted by molar-refractivity contribution is 5.98. The van der Waals surface area contributed by atoms with Crippen molar-refractivity contribution in [2.45, 2.75) is 70.4 Å². The summed E-state index contributed by atoms with van der Waals surface area (Å²) in [5.74, 6) is 0.0199. The number of piperazine rings is 1. The summed E-state index contributed by atoms with van der Waals surface area (Å²) in [5.41, 5.74) is 2.22. The summed E-state index contributed by atoms with van der Waals surface area (Å²) in [6, 6.07) is 9.54. The Morgan fingerprint density at radius 2 is 1.77 bits per heavy atom. The SMILES string of the molecule is CC(=O)Nc1cc(F)cc(C(=O)N2CCN(C(=O)c3ccc(O[C@H]4CC[NH2+]C4)c(C4CCCCC4)c3)[C@@H](C)C2)c1. The van der Waals surface area contributed by atoms with Gasteiger partial charge < -0.3 is 25.2 Å². The number of halogens is 1. The molecule has 1 saturated carbocycles. The van der Waals surface area contributed by atoms with Crippen molar-refractivity contribution in [3.05, 3.63) is 58.9 Å². The first-order valence-electron chi connectivity index (χ1n) is 14.6. The van der Waals surface area contributed by atoms with E-state index >= 15 is 0 Å². The van der Waals surface area contributed by atoms with E-state index in [-0.39, 0.29) is 41.1 Å². The van der Waals surface area contributed by atoms with E-state index in [2.05, 4.69) is 10.6 Å². The van der Waals surface area contributed by atoms with E-state index in [1.54, 1.807) is 4.90 Å². The molecule has 3 N–H and O–H groups in total. The standard InChI is InChI=1S/C31H39FN4O4/c1-20-19-35(30(38)24-14-25(32)17-26(15-24)34-21(2)37)12-13-36(20)31(39)23-8-9-29(40-27-10-11-33-18-27)28(16-23)22-6-4-3-5-7-22/h8-9,14-17,20,22,27,33H,3-7,10-13,18-19H2,1-2H3,(H,34,37)/p+1/t20-,27-/m0/s1. The Balaban J connectivity index is 1.30. The Bertz CT molecular complexity index is 1260. The molecule has 2 heterocycles. The molecule has 1 aliphatic carbocycles. The van der Waals surface area contributed by atoms with Gasteiger partial charge in [0.25, 0.3) is 11.8 Å². The number of quaternary nitrogens is 1. The number of anilines is 1. The number of carbonyl (C=O) groups excluding carboxylic acids is 3. The second-order valence-corrected chi connectivity index (χ2v) is 11.4. The Kier molecular flexibility index (Phi) is 8.69. The number of rotatable bonds is 6. The number of carbonyl (C=O) groups is 3. The lowest BCUT2D eigenvalue weighted by Gasteiger charge is -2.40. The van der Waals surface area contributed by atoms with Crippen LogP contribution >= 0.6 is 0 Å². The lowest BCUT2D eigenvalue weighted by atomic mass is 9.83. The fourth-order valence-corrected chi connectivity index (χ4v) is 6.31. The van der Waals surface area contributed by atoms with Gasteiger partial charge in [0.2, 0.25) is 5.91 Å². The second kappa shape index (κ2) is 12.4. The van der Waals surface area contributed by atoms with Crippen molar-refractivity contribution in [1.82, 2.24) is 9.80 Å². The average Bonchev–Trinajstić information content (AvgIpc) is 3.45. The van der Waals surface area contributed by atoms with Gasteiger partial charge in [-0.05, 0) is 67.6 Å². The molecule has 8 nitrogen and oxygen atoms in total. The van der Waals surface area contributed by atoms with Crippen molar-refractivity contribution < 1.29 is 28.8 Å². The summed E-state index contributed by atoms with van der Waals surface area (Å²) in [7, 11) is 0. The molecule has 3 fully saturated rings. The first-order valence-corrected chi connectivity index (χ1v) is 14.6. The molecule has 0 radical (unpaired) electrons. The van der Waals surface area contributed by atoms with E-state index in [0.29, 0.717) is 31.1 Å². The van der Waals surface area contributed by atoms with Gasteiger partial charge in [-0.15, -0.1) is 0 Å². The highest BCUT2D eigenvalue weighted by atomic mass is 19.1. The number of nitrogens with zero attached hydrogens (tertiary/aromatic N) is 2. The van der Waals surface area contributed by atoms with Crippen LogP contribution in [-0.4, -0.2) is 72.4 Å². The molecule has 3 amide bonds. The molecular formula is C31H40FN4O4+. The van der Waals surface area contributed by atoms with Gasteiger partial charge in [0.1, 0.15) is 18.1 Å². The fourth-order valence-electron chi connectivity index (χ4n) is 6.31. The lowest BCUT2D eigenvalue weighted by molar-refractivity contribution is -0.638. The smallest absolute Gasteiger partial charge is 0.254 e. The maximum atomic E-state index is 14.2. The summed E-state index contributed by atoms with van der Waals surface area (Å²) in [6.45, 7) is 6.38. The molecule has 9 heteroatoms. The zero-order valence-corrected chi connectivity index (χ0v) is 23.5. The molecule has 0 bridgehead atoms. The van der Waals surface area contributed by atoms with Crippen LogP contribution in [-0.2, 0) is 4.79 Å². The number of ether oxygens (including phenoxy) is 1. The third-order valence-electron chi connectivity index (χ3n) is 8.36. The molecule has 2 atom stereocenters. The van der Waals surface area contributed by atoms with Crippen LogP contribution in [0.25, 0.3) is 0 Å². The number of nitrogens with one attached hydrogen (secondary N) is 1. The molecule has 214 valence electrons. The van der Waals surface area contributed by atoms with Crippen molar-refractivity contribution in [2.24, 2.45) is 0 Å². The van der Waals surface area contributed by atoms with Crippen LogP contribution in [0.4, 0.5) is 10.1 Å². The van der Waals surface area contributed by atoms with Crippen LogP contribution in [0.2, 0.25) is 0 Å².